The Balaban J connectivity index is 3.93. The molecule has 2 N–H and O–H groups in total. The molecular weight excluding hydrogens is 699 g/mol. The Hall–Kier alpha value is -2.25. The lowest BCUT2D eigenvalue weighted by atomic mass is 10.1. The molecule has 0 rings (SSSR count). The van der Waals surface area contributed by atoms with E-state index in [2.05, 4.69) is 79.1 Å². The molecule has 0 spiro atoms. The van der Waals surface area contributed by atoms with Crippen molar-refractivity contribution in [2.24, 2.45) is 0 Å². The molecule has 0 aliphatic heterocycles. The Bertz CT molecular complexity index is 1060. The van der Waals surface area contributed by atoms with Gasteiger partial charge in [-0.1, -0.05) is 164 Å². The maximum Gasteiger partial charge on any atom is 0.469 e. The minimum absolute atomic E-state index is 0.199. The van der Waals surface area contributed by atoms with Crippen molar-refractivity contribution in [3.63, 3.8) is 0 Å². The molecule has 0 amide bonds. The number of phosphoric acid groups is 1. The highest BCUT2D eigenvalue weighted by Crippen LogP contribution is 2.36. The van der Waals surface area contributed by atoms with E-state index in [9.17, 15) is 14.2 Å². The van der Waals surface area contributed by atoms with Gasteiger partial charge in [0.1, 0.15) is 6.61 Å². The summed E-state index contributed by atoms with van der Waals surface area (Å²) in [4.78, 5) is 42.9. The van der Waals surface area contributed by atoms with Gasteiger partial charge in [-0.15, -0.1) is 0 Å². The first kappa shape index (κ1) is 51.8. The third kappa shape index (κ3) is 42.5. The van der Waals surface area contributed by atoms with Gasteiger partial charge in [0.05, 0.1) is 6.61 Å². The zero-order chi connectivity index (χ0) is 39.6. The molecule has 0 heterocycles. The summed E-state index contributed by atoms with van der Waals surface area (Å²) in [5.74, 6) is -0.905. The van der Waals surface area contributed by atoms with Crippen LogP contribution in [0.25, 0.3) is 0 Å². The summed E-state index contributed by atoms with van der Waals surface area (Å²) < 4.78 is 26.4. The summed E-state index contributed by atoms with van der Waals surface area (Å²) in [7, 11) is -4.76. The van der Waals surface area contributed by atoms with Crippen molar-refractivity contribution in [1.82, 2.24) is 0 Å². The first-order valence-electron chi connectivity index (χ1n) is 21.6. The van der Waals surface area contributed by atoms with E-state index in [0.717, 1.165) is 83.5 Å². The number of unbranched alkanes of at least 4 members (excludes halogenated alkanes) is 19. The van der Waals surface area contributed by atoms with Gasteiger partial charge in [-0.3, -0.25) is 14.1 Å². The maximum absolute atomic E-state index is 12.4. The minimum Gasteiger partial charge on any atom is -0.462 e. The van der Waals surface area contributed by atoms with Gasteiger partial charge in [0, 0.05) is 12.8 Å². The molecule has 1 atom stereocenters. The maximum atomic E-state index is 12.4. The van der Waals surface area contributed by atoms with Crippen molar-refractivity contribution >= 4 is 19.8 Å². The van der Waals surface area contributed by atoms with Crippen molar-refractivity contribution in [3.8, 4) is 0 Å². The molecule has 312 valence electrons. The first-order valence-corrected chi connectivity index (χ1v) is 23.1. The molecule has 8 nitrogen and oxygen atoms in total. The van der Waals surface area contributed by atoms with Gasteiger partial charge in [0.2, 0.25) is 0 Å². The highest BCUT2D eigenvalue weighted by Gasteiger charge is 2.22. The fourth-order valence-electron chi connectivity index (χ4n) is 5.83. The van der Waals surface area contributed by atoms with Crippen LogP contribution in [0, 0.1) is 0 Å². The monoisotopic (exact) mass is 779 g/mol. The summed E-state index contributed by atoms with van der Waals surface area (Å²) in [5, 5.41) is 0. The van der Waals surface area contributed by atoms with E-state index in [0.29, 0.717) is 12.8 Å². The fourth-order valence-corrected chi connectivity index (χ4v) is 6.19. The van der Waals surface area contributed by atoms with E-state index in [1.807, 2.05) is 0 Å². The van der Waals surface area contributed by atoms with Gasteiger partial charge in [-0.2, -0.15) is 0 Å². The van der Waals surface area contributed by atoms with Crippen LogP contribution >= 0.6 is 7.82 Å². The molecule has 9 heteroatoms. The third-order valence-corrected chi connectivity index (χ3v) is 9.51. The average Bonchev–Trinajstić information content (AvgIpc) is 3.14. The number of esters is 2. The number of hydrogen-bond donors (Lipinski definition) is 2. The molecule has 0 aliphatic rings. The number of carbonyl (C=O) groups is 2. The van der Waals surface area contributed by atoms with Crippen LogP contribution in [0.4, 0.5) is 0 Å². The molecule has 0 saturated heterocycles. The fraction of sp³-hybridized carbons (Fsp3) is 0.733. The number of ether oxygens (including phenoxy) is 2. The average molecular weight is 779 g/mol. The van der Waals surface area contributed by atoms with E-state index in [4.69, 9.17) is 19.3 Å². The summed E-state index contributed by atoms with van der Waals surface area (Å²) in [6.45, 7) is 3.56. The lowest BCUT2D eigenvalue weighted by molar-refractivity contribution is -0.161. The smallest absolute Gasteiger partial charge is 0.462 e. The predicted octanol–water partition coefficient (Wildman–Crippen LogP) is 13.3. The van der Waals surface area contributed by atoms with E-state index in [1.54, 1.807) is 0 Å². The number of phosphoric ester groups is 1. The summed E-state index contributed by atoms with van der Waals surface area (Å²) >= 11 is 0. The van der Waals surface area contributed by atoms with E-state index in [1.165, 1.54) is 70.6 Å². The zero-order valence-corrected chi connectivity index (χ0v) is 35.2. The van der Waals surface area contributed by atoms with E-state index >= 15 is 0 Å². The normalized spacial score (nSPS) is 13.0. The largest absolute Gasteiger partial charge is 0.469 e. The number of hydrogen-bond acceptors (Lipinski definition) is 6. The number of allylic oxidation sites excluding steroid dienone is 10. The highest BCUT2D eigenvalue weighted by atomic mass is 31.2. The van der Waals surface area contributed by atoms with E-state index in [-0.39, 0.29) is 19.4 Å². The van der Waals surface area contributed by atoms with Gasteiger partial charge in [0.15, 0.2) is 6.10 Å². The highest BCUT2D eigenvalue weighted by molar-refractivity contribution is 7.46. The standard InChI is InChI=1S/C45H79O8P/c1-3-5-7-9-11-13-15-17-19-20-21-22-23-24-26-28-30-32-34-36-38-40-45(47)53-43(42-52-54(48,49)50)41-51-44(46)39-37-35-33-31-29-27-25-18-16-14-12-10-8-6-4-2/h5,7,11,13,17-19,21-22,25,43H,3-4,6,8-10,12,14-16,20,23-24,26-42H2,1-2H3,(H2,48,49,50)/b7-5-,13-11-,19-17-,22-21-,25-18-. The van der Waals surface area contributed by atoms with Crippen molar-refractivity contribution in [3.05, 3.63) is 60.8 Å². The Morgan fingerprint density at radius 1 is 0.500 bits per heavy atom. The Morgan fingerprint density at radius 3 is 1.35 bits per heavy atom. The second-order valence-corrected chi connectivity index (χ2v) is 15.5. The van der Waals surface area contributed by atoms with Gasteiger partial charge in [0.25, 0.3) is 0 Å². The molecule has 0 radical (unpaired) electrons. The van der Waals surface area contributed by atoms with Crippen LogP contribution in [0.2, 0.25) is 0 Å². The number of rotatable bonds is 39. The molecule has 0 aromatic carbocycles. The van der Waals surface area contributed by atoms with Crippen LogP contribution in [-0.2, 0) is 28.2 Å². The van der Waals surface area contributed by atoms with Crippen LogP contribution in [0.1, 0.15) is 194 Å². The quantitative estimate of drug-likeness (QED) is 0.0274. The zero-order valence-electron chi connectivity index (χ0n) is 34.4. The van der Waals surface area contributed by atoms with Crippen LogP contribution in [-0.4, -0.2) is 41.0 Å². The van der Waals surface area contributed by atoms with Crippen LogP contribution in [0.5, 0.6) is 0 Å². The summed E-state index contributed by atoms with van der Waals surface area (Å²) in [6.07, 6.45) is 50.8. The molecule has 0 aliphatic carbocycles. The Morgan fingerprint density at radius 2 is 0.889 bits per heavy atom. The predicted molar refractivity (Wildman–Crippen MR) is 225 cm³/mol. The Kier molecular flexibility index (Phi) is 38.7. The van der Waals surface area contributed by atoms with Gasteiger partial charge < -0.3 is 19.3 Å². The lowest BCUT2D eigenvalue weighted by Gasteiger charge is -2.18. The minimum atomic E-state index is -4.76. The summed E-state index contributed by atoms with van der Waals surface area (Å²) in [5.41, 5.74) is 0. The second-order valence-electron chi connectivity index (χ2n) is 14.3. The molecule has 0 bridgehead atoms. The van der Waals surface area contributed by atoms with Gasteiger partial charge in [-0.25, -0.2) is 4.57 Å². The molecular formula is C45H79O8P. The number of carbonyl (C=O) groups excluding carboxylic acids is 2. The molecule has 0 fully saturated rings. The second kappa shape index (κ2) is 40.4. The molecule has 0 aromatic heterocycles. The first-order chi connectivity index (χ1) is 26.3. The third-order valence-electron chi connectivity index (χ3n) is 9.02. The Labute approximate surface area is 330 Å². The van der Waals surface area contributed by atoms with E-state index < -0.39 is 32.5 Å². The van der Waals surface area contributed by atoms with Gasteiger partial charge in [-0.05, 0) is 77.0 Å². The van der Waals surface area contributed by atoms with Gasteiger partial charge >= 0.3 is 19.8 Å². The van der Waals surface area contributed by atoms with Crippen LogP contribution in [0.15, 0.2) is 60.8 Å². The molecule has 1 unspecified atom stereocenters. The van der Waals surface area contributed by atoms with Crippen molar-refractivity contribution in [2.75, 3.05) is 13.2 Å². The van der Waals surface area contributed by atoms with Crippen molar-refractivity contribution < 1.29 is 37.9 Å². The molecule has 54 heavy (non-hydrogen) atoms. The SMILES string of the molecule is CC/C=C\C/C=C\C/C=C\C/C=C\CCCCCCCCCCC(=O)OC(COC(=O)CCCCCCC/C=C\CCCCCCCC)COP(=O)(O)O. The van der Waals surface area contributed by atoms with Crippen LogP contribution in [0.3, 0.4) is 0 Å². The topological polar surface area (TPSA) is 119 Å². The summed E-state index contributed by atoms with van der Waals surface area (Å²) in [6, 6.07) is 0. The van der Waals surface area contributed by atoms with Crippen molar-refractivity contribution in [2.45, 2.75) is 200 Å². The molecule has 0 aromatic rings. The lowest BCUT2D eigenvalue weighted by Crippen LogP contribution is -2.29. The van der Waals surface area contributed by atoms with Crippen molar-refractivity contribution in [1.29, 1.82) is 0 Å². The molecule has 0 saturated carbocycles. The van der Waals surface area contributed by atoms with Crippen LogP contribution < -0.4 is 0 Å².